The number of para-hydroxylation sites is 1. The number of amides is 1. The number of benzene rings is 2. The molecule has 0 saturated heterocycles. The first kappa shape index (κ1) is 26.2. The zero-order valence-electron chi connectivity index (χ0n) is 20.0. The van der Waals surface area contributed by atoms with Gasteiger partial charge in [-0.25, -0.2) is 9.59 Å². The van der Waals surface area contributed by atoms with Crippen LogP contribution in [0.15, 0.2) is 54.1 Å². The average Bonchev–Trinajstić information content (AvgIpc) is 3.14. The molecule has 0 aliphatic heterocycles. The highest BCUT2D eigenvalue weighted by molar-refractivity contribution is 7.16. The van der Waals surface area contributed by atoms with Gasteiger partial charge in [-0.1, -0.05) is 30.3 Å². The minimum atomic E-state index is -1.01. The number of hydrogen-bond acceptors (Lipinski definition) is 7. The van der Waals surface area contributed by atoms with E-state index in [2.05, 4.69) is 5.32 Å². The molecule has 36 heavy (non-hydrogen) atoms. The van der Waals surface area contributed by atoms with E-state index in [-0.39, 0.29) is 29.9 Å². The number of aryl methyl sites for hydroxylation is 1. The highest BCUT2D eigenvalue weighted by Gasteiger charge is 2.23. The van der Waals surface area contributed by atoms with Crippen molar-refractivity contribution in [2.75, 3.05) is 11.9 Å². The number of carbonyl (C=O) groups excluding carboxylic acids is 2. The summed E-state index contributed by atoms with van der Waals surface area (Å²) in [6, 6.07) is 15.1. The number of carbonyl (C=O) groups is 3. The molecular weight excluding hydrogens is 480 g/mol. The van der Waals surface area contributed by atoms with Gasteiger partial charge < -0.3 is 19.9 Å². The van der Waals surface area contributed by atoms with E-state index in [4.69, 9.17) is 14.6 Å². The highest BCUT2D eigenvalue weighted by atomic mass is 32.1. The molecule has 8 nitrogen and oxygen atoms in total. The van der Waals surface area contributed by atoms with Crippen LogP contribution in [0.5, 0.6) is 5.75 Å². The number of thiophene rings is 1. The normalized spacial score (nSPS) is 10.9. The summed E-state index contributed by atoms with van der Waals surface area (Å²) < 4.78 is 11.0. The monoisotopic (exact) mass is 504 g/mol. The number of ether oxygens (including phenoxy) is 2. The van der Waals surface area contributed by atoms with Gasteiger partial charge in [-0.15, -0.1) is 11.3 Å². The number of nitriles is 1. The van der Waals surface area contributed by atoms with Crippen molar-refractivity contribution >= 4 is 40.3 Å². The summed E-state index contributed by atoms with van der Waals surface area (Å²) in [6.07, 6.45) is 1.41. The molecule has 0 aliphatic carbocycles. The molecule has 0 fully saturated rings. The molecule has 0 saturated carbocycles. The number of carboxylic acids is 1. The van der Waals surface area contributed by atoms with Crippen molar-refractivity contribution in [3.05, 3.63) is 86.8 Å². The van der Waals surface area contributed by atoms with E-state index in [0.29, 0.717) is 21.9 Å². The molecule has 9 heteroatoms. The minimum Gasteiger partial charge on any atom is -0.488 e. The fourth-order valence-electron chi connectivity index (χ4n) is 3.27. The summed E-state index contributed by atoms with van der Waals surface area (Å²) in [5, 5.41) is 21.7. The average molecular weight is 505 g/mol. The van der Waals surface area contributed by atoms with E-state index >= 15 is 0 Å². The predicted octanol–water partition coefficient (Wildman–Crippen LogP) is 5.36. The van der Waals surface area contributed by atoms with Gasteiger partial charge in [0.15, 0.2) is 0 Å². The predicted molar refractivity (Wildman–Crippen MR) is 136 cm³/mol. The first-order valence-electron chi connectivity index (χ1n) is 11.0. The van der Waals surface area contributed by atoms with E-state index in [9.17, 15) is 19.6 Å². The van der Waals surface area contributed by atoms with Gasteiger partial charge in [0.05, 0.1) is 17.7 Å². The Morgan fingerprint density at radius 1 is 1.11 bits per heavy atom. The topological polar surface area (TPSA) is 126 Å². The third-order valence-electron chi connectivity index (χ3n) is 5.27. The third kappa shape index (κ3) is 6.17. The van der Waals surface area contributed by atoms with Crippen molar-refractivity contribution in [3.63, 3.8) is 0 Å². The third-order valence-corrected chi connectivity index (χ3v) is 6.39. The lowest BCUT2D eigenvalue weighted by Gasteiger charge is -2.10. The number of rotatable bonds is 9. The molecule has 1 heterocycles. The van der Waals surface area contributed by atoms with E-state index in [0.717, 1.165) is 10.4 Å². The van der Waals surface area contributed by atoms with Crippen LogP contribution >= 0.6 is 11.3 Å². The molecule has 2 aromatic carbocycles. The quantitative estimate of drug-likeness (QED) is 0.228. The Kier molecular flexibility index (Phi) is 8.60. The molecule has 3 rings (SSSR count). The van der Waals surface area contributed by atoms with Gasteiger partial charge in [-0.05, 0) is 56.2 Å². The van der Waals surface area contributed by atoms with Crippen LogP contribution in [0.3, 0.4) is 0 Å². The smallest absolute Gasteiger partial charge is 0.341 e. The number of nitrogens with zero attached hydrogens (tertiary/aromatic N) is 1. The molecule has 0 spiro atoms. The Hall–Kier alpha value is -4.42. The van der Waals surface area contributed by atoms with Crippen LogP contribution in [0.25, 0.3) is 6.08 Å². The fraction of sp³-hybridized carbons (Fsp3) is 0.185. The van der Waals surface area contributed by atoms with Crippen molar-refractivity contribution in [1.29, 1.82) is 5.26 Å². The molecule has 0 bridgehead atoms. The summed E-state index contributed by atoms with van der Waals surface area (Å²) in [5.74, 6) is -1.77. The maximum Gasteiger partial charge on any atom is 0.341 e. The molecule has 2 N–H and O–H groups in total. The van der Waals surface area contributed by atoms with Crippen LogP contribution in [0.4, 0.5) is 5.00 Å². The van der Waals surface area contributed by atoms with Gasteiger partial charge in [0.25, 0.3) is 5.91 Å². The summed E-state index contributed by atoms with van der Waals surface area (Å²) in [4.78, 5) is 37.2. The Labute approximate surface area is 212 Å². The number of carboxylic acid groups (broad SMARTS) is 1. The van der Waals surface area contributed by atoms with E-state index in [1.54, 1.807) is 50.2 Å². The molecule has 3 aromatic rings. The van der Waals surface area contributed by atoms with Crippen LogP contribution < -0.4 is 10.1 Å². The summed E-state index contributed by atoms with van der Waals surface area (Å²) >= 11 is 1.24. The molecule has 0 atom stereocenters. The second-order valence-corrected chi connectivity index (χ2v) is 8.89. The number of nitrogens with one attached hydrogen (secondary N) is 1. The fourth-order valence-corrected chi connectivity index (χ4v) is 4.32. The summed E-state index contributed by atoms with van der Waals surface area (Å²) in [5.41, 5.74) is 2.26. The number of anilines is 1. The Balaban J connectivity index is 1.81. The molecule has 0 radical (unpaired) electrons. The zero-order chi connectivity index (χ0) is 26.2. The maximum absolute atomic E-state index is 12.9. The number of esters is 1. The van der Waals surface area contributed by atoms with Crippen molar-refractivity contribution in [2.24, 2.45) is 0 Å². The van der Waals surface area contributed by atoms with Crippen LogP contribution in [-0.2, 0) is 16.1 Å². The summed E-state index contributed by atoms with van der Waals surface area (Å²) in [6.45, 7) is 5.67. The molecule has 0 unspecified atom stereocenters. The lowest BCUT2D eigenvalue weighted by molar-refractivity contribution is -0.112. The molecule has 184 valence electrons. The van der Waals surface area contributed by atoms with Crippen LogP contribution in [0.2, 0.25) is 0 Å². The van der Waals surface area contributed by atoms with E-state index < -0.39 is 17.8 Å². The highest BCUT2D eigenvalue weighted by Crippen LogP contribution is 2.33. The molecule has 0 aliphatic rings. The zero-order valence-corrected chi connectivity index (χ0v) is 20.8. The second-order valence-electron chi connectivity index (χ2n) is 7.66. The van der Waals surface area contributed by atoms with Crippen LogP contribution in [0, 0.1) is 25.2 Å². The minimum absolute atomic E-state index is 0.162. The van der Waals surface area contributed by atoms with Crippen molar-refractivity contribution < 1.29 is 29.0 Å². The lowest BCUT2D eigenvalue weighted by atomic mass is 10.1. The first-order valence-corrected chi connectivity index (χ1v) is 11.8. The first-order chi connectivity index (χ1) is 17.2. The lowest BCUT2D eigenvalue weighted by Crippen LogP contribution is -2.16. The SMILES string of the molecule is CCOC(=O)c1c(NC(=O)C(C#N)=Cc2ccccc2OCc2ccc(C(=O)O)cc2)sc(C)c1C. The standard InChI is InChI=1S/C27H24N2O6S/c1-4-34-27(33)23-16(2)17(3)36-25(23)29-24(30)21(14-28)13-20-7-5-6-8-22(20)35-15-18-9-11-19(12-10-18)26(31)32/h5-13H,4,15H2,1-3H3,(H,29,30)(H,31,32). The van der Waals surface area contributed by atoms with Crippen molar-refractivity contribution in [2.45, 2.75) is 27.4 Å². The van der Waals surface area contributed by atoms with Gasteiger partial charge in [-0.3, -0.25) is 4.79 Å². The second kappa shape index (κ2) is 11.8. The Morgan fingerprint density at radius 2 is 1.81 bits per heavy atom. The largest absolute Gasteiger partial charge is 0.488 e. The maximum atomic E-state index is 12.9. The van der Waals surface area contributed by atoms with Crippen LogP contribution in [-0.4, -0.2) is 29.6 Å². The van der Waals surface area contributed by atoms with Crippen molar-refractivity contribution in [1.82, 2.24) is 0 Å². The molecular formula is C27H24N2O6S. The Morgan fingerprint density at radius 3 is 2.44 bits per heavy atom. The Bertz CT molecular complexity index is 1370. The van der Waals surface area contributed by atoms with Gasteiger partial charge in [0.1, 0.15) is 29.0 Å². The molecule has 1 amide bonds. The van der Waals surface area contributed by atoms with Crippen LogP contribution in [0.1, 0.15) is 49.2 Å². The molecule has 1 aromatic heterocycles. The van der Waals surface area contributed by atoms with Crippen molar-refractivity contribution in [3.8, 4) is 11.8 Å². The number of hydrogen-bond donors (Lipinski definition) is 2. The van der Waals surface area contributed by atoms with E-state index in [1.807, 2.05) is 13.0 Å². The van der Waals surface area contributed by atoms with Gasteiger partial charge in [-0.2, -0.15) is 5.26 Å². The van der Waals surface area contributed by atoms with Gasteiger partial charge in [0.2, 0.25) is 0 Å². The van der Waals surface area contributed by atoms with Gasteiger partial charge >= 0.3 is 11.9 Å². The van der Waals surface area contributed by atoms with Gasteiger partial charge in [0, 0.05) is 10.4 Å². The van der Waals surface area contributed by atoms with E-state index in [1.165, 1.54) is 29.5 Å². The summed E-state index contributed by atoms with van der Waals surface area (Å²) in [7, 11) is 0. The number of aromatic carboxylic acids is 1.